The van der Waals surface area contributed by atoms with Gasteiger partial charge in [-0.2, -0.15) is 5.10 Å². The van der Waals surface area contributed by atoms with Crippen LogP contribution in [-0.4, -0.2) is 28.4 Å². The molecule has 1 aliphatic rings. The second-order valence-electron chi connectivity index (χ2n) is 3.10. The van der Waals surface area contributed by atoms with E-state index >= 15 is 0 Å². The number of nitrogens with zero attached hydrogens (tertiary/aromatic N) is 2. The maximum Gasteiger partial charge on any atom is 0.144 e. The van der Waals surface area contributed by atoms with Gasteiger partial charge in [0.2, 0.25) is 0 Å². The molecule has 1 aliphatic heterocycles. The van der Waals surface area contributed by atoms with Gasteiger partial charge < -0.3 is 10.5 Å². The normalized spacial score (nSPS) is 22.4. The van der Waals surface area contributed by atoms with E-state index in [1.807, 2.05) is 0 Å². The Bertz CT molecular complexity index is 240. The number of hydrogen-bond acceptors (Lipinski definition) is 4. The summed E-state index contributed by atoms with van der Waals surface area (Å²) in [6.45, 7) is 1.41. The number of ether oxygens (including phenoxy) is 1. The van der Waals surface area contributed by atoms with Crippen molar-refractivity contribution in [3.05, 3.63) is 12.2 Å². The van der Waals surface area contributed by atoms with Crippen molar-refractivity contribution in [3.63, 3.8) is 0 Å². The van der Waals surface area contributed by atoms with Gasteiger partial charge in [-0.15, -0.1) is 0 Å². The number of rotatable bonds is 1. The maximum atomic E-state index is 6.11. The summed E-state index contributed by atoms with van der Waals surface area (Å²) in [6, 6.07) is 0. The van der Waals surface area contributed by atoms with Crippen LogP contribution in [0.15, 0.2) is 6.33 Å². The van der Waals surface area contributed by atoms with Crippen LogP contribution in [0.4, 0.5) is 0 Å². The summed E-state index contributed by atoms with van der Waals surface area (Å²) in [6.07, 6.45) is 3.10. The summed E-state index contributed by atoms with van der Waals surface area (Å²) in [5.41, 5.74) is 5.76. The van der Waals surface area contributed by atoms with Gasteiger partial charge in [0.15, 0.2) is 0 Å². The van der Waals surface area contributed by atoms with Crippen LogP contribution in [0.2, 0.25) is 0 Å². The molecule has 0 spiro atoms. The molecule has 1 saturated heterocycles. The number of aromatic nitrogens is 3. The van der Waals surface area contributed by atoms with E-state index in [-0.39, 0.29) is 5.54 Å². The first-order valence-corrected chi connectivity index (χ1v) is 4.04. The highest BCUT2D eigenvalue weighted by molar-refractivity contribution is 5.03. The molecule has 2 heterocycles. The lowest BCUT2D eigenvalue weighted by Gasteiger charge is -2.30. The van der Waals surface area contributed by atoms with E-state index in [0.29, 0.717) is 13.2 Å². The third-order valence-electron chi connectivity index (χ3n) is 2.27. The Labute approximate surface area is 70.3 Å². The Balaban J connectivity index is 2.19. The lowest BCUT2D eigenvalue weighted by Crippen LogP contribution is -2.43. The number of H-pyrrole nitrogens is 1. The van der Waals surface area contributed by atoms with Crippen LogP contribution in [-0.2, 0) is 10.3 Å². The lowest BCUT2D eigenvalue weighted by atomic mass is 9.91. The predicted octanol–water partition coefficient (Wildman–Crippen LogP) is -0.231. The number of nitrogens with one attached hydrogen (secondary N) is 1. The van der Waals surface area contributed by atoms with Crippen molar-refractivity contribution in [1.29, 1.82) is 0 Å². The molecule has 1 aromatic rings. The molecule has 5 heteroatoms. The zero-order chi connectivity index (χ0) is 8.44. The first kappa shape index (κ1) is 7.70. The van der Waals surface area contributed by atoms with Gasteiger partial charge in [-0.25, -0.2) is 4.98 Å². The van der Waals surface area contributed by atoms with Crippen LogP contribution in [0.1, 0.15) is 18.7 Å². The minimum Gasteiger partial charge on any atom is -0.381 e. The van der Waals surface area contributed by atoms with E-state index in [2.05, 4.69) is 15.2 Å². The standard InChI is InChI=1S/C7H12N4O/c8-7(1-3-12-4-2-7)6-9-5-10-11-6/h5H,1-4,8H2,(H,9,10,11). The van der Waals surface area contributed by atoms with E-state index in [9.17, 15) is 0 Å². The van der Waals surface area contributed by atoms with Gasteiger partial charge in [0.1, 0.15) is 12.2 Å². The Morgan fingerprint density at radius 1 is 1.50 bits per heavy atom. The van der Waals surface area contributed by atoms with Gasteiger partial charge in [-0.05, 0) is 12.8 Å². The minimum atomic E-state index is -0.352. The first-order valence-electron chi connectivity index (χ1n) is 4.04. The number of aromatic amines is 1. The van der Waals surface area contributed by atoms with Crippen molar-refractivity contribution in [3.8, 4) is 0 Å². The average molecular weight is 168 g/mol. The van der Waals surface area contributed by atoms with Crippen LogP contribution in [0.5, 0.6) is 0 Å². The third-order valence-corrected chi connectivity index (χ3v) is 2.27. The van der Waals surface area contributed by atoms with Crippen LogP contribution >= 0.6 is 0 Å². The van der Waals surface area contributed by atoms with Crippen LogP contribution < -0.4 is 5.73 Å². The van der Waals surface area contributed by atoms with Crippen molar-refractivity contribution >= 4 is 0 Å². The molecule has 0 unspecified atom stereocenters. The average Bonchev–Trinajstić information content (AvgIpc) is 2.58. The molecular weight excluding hydrogens is 156 g/mol. The molecule has 0 saturated carbocycles. The molecule has 1 fully saturated rings. The second kappa shape index (κ2) is 2.84. The van der Waals surface area contributed by atoms with E-state index in [4.69, 9.17) is 10.5 Å². The molecule has 1 aromatic heterocycles. The van der Waals surface area contributed by atoms with E-state index in [1.54, 1.807) is 0 Å². The molecule has 3 N–H and O–H groups in total. The highest BCUT2D eigenvalue weighted by Crippen LogP contribution is 2.25. The van der Waals surface area contributed by atoms with Crippen molar-refractivity contribution in [1.82, 2.24) is 15.2 Å². The van der Waals surface area contributed by atoms with Crippen LogP contribution in [0.25, 0.3) is 0 Å². The van der Waals surface area contributed by atoms with Gasteiger partial charge in [0.05, 0.1) is 5.54 Å². The maximum absolute atomic E-state index is 6.11. The van der Waals surface area contributed by atoms with Gasteiger partial charge >= 0.3 is 0 Å². The molecule has 2 rings (SSSR count). The fourth-order valence-electron chi connectivity index (χ4n) is 1.42. The second-order valence-corrected chi connectivity index (χ2v) is 3.10. The summed E-state index contributed by atoms with van der Waals surface area (Å²) in [7, 11) is 0. The monoisotopic (exact) mass is 168 g/mol. The summed E-state index contributed by atoms with van der Waals surface area (Å²) in [5.74, 6) is 0.769. The van der Waals surface area contributed by atoms with Crippen molar-refractivity contribution in [2.45, 2.75) is 18.4 Å². The summed E-state index contributed by atoms with van der Waals surface area (Å²) in [4.78, 5) is 4.06. The zero-order valence-corrected chi connectivity index (χ0v) is 6.79. The highest BCUT2D eigenvalue weighted by atomic mass is 16.5. The molecule has 0 atom stereocenters. The number of hydrogen-bond donors (Lipinski definition) is 2. The molecule has 0 aromatic carbocycles. The molecular formula is C7H12N4O. The molecule has 5 nitrogen and oxygen atoms in total. The van der Waals surface area contributed by atoms with Crippen LogP contribution in [0, 0.1) is 0 Å². The van der Waals surface area contributed by atoms with Gasteiger partial charge in [0, 0.05) is 13.2 Å². The first-order chi connectivity index (χ1) is 5.81. The van der Waals surface area contributed by atoms with E-state index in [0.717, 1.165) is 18.7 Å². The number of nitrogens with two attached hydrogens (primary N) is 1. The lowest BCUT2D eigenvalue weighted by molar-refractivity contribution is 0.0493. The van der Waals surface area contributed by atoms with Gasteiger partial charge in [-0.3, -0.25) is 5.10 Å². The van der Waals surface area contributed by atoms with E-state index in [1.165, 1.54) is 6.33 Å². The highest BCUT2D eigenvalue weighted by Gasteiger charge is 2.32. The third kappa shape index (κ3) is 1.21. The zero-order valence-electron chi connectivity index (χ0n) is 6.79. The van der Waals surface area contributed by atoms with Crippen molar-refractivity contribution < 1.29 is 4.74 Å². The van der Waals surface area contributed by atoms with Crippen molar-refractivity contribution in [2.24, 2.45) is 5.73 Å². The smallest absolute Gasteiger partial charge is 0.144 e. The largest absolute Gasteiger partial charge is 0.381 e. The summed E-state index contributed by atoms with van der Waals surface area (Å²) in [5, 5.41) is 6.59. The van der Waals surface area contributed by atoms with Crippen LogP contribution in [0.3, 0.4) is 0 Å². The predicted molar refractivity (Wildman–Crippen MR) is 42.3 cm³/mol. The Morgan fingerprint density at radius 3 is 2.83 bits per heavy atom. The fourth-order valence-corrected chi connectivity index (χ4v) is 1.42. The molecule has 66 valence electrons. The molecule has 0 aliphatic carbocycles. The quantitative estimate of drug-likeness (QED) is 0.607. The SMILES string of the molecule is NC1(c2ncn[nH]2)CCOCC1. The van der Waals surface area contributed by atoms with Crippen molar-refractivity contribution in [2.75, 3.05) is 13.2 Å². The molecule has 0 radical (unpaired) electrons. The molecule has 12 heavy (non-hydrogen) atoms. The minimum absolute atomic E-state index is 0.352. The Hall–Kier alpha value is -0.940. The fraction of sp³-hybridized carbons (Fsp3) is 0.714. The van der Waals surface area contributed by atoms with E-state index < -0.39 is 0 Å². The molecule has 0 amide bonds. The van der Waals surface area contributed by atoms with Gasteiger partial charge in [0.25, 0.3) is 0 Å². The summed E-state index contributed by atoms with van der Waals surface area (Å²) >= 11 is 0. The molecule has 0 bridgehead atoms. The van der Waals surface area contributed by atoms with Gasteiger partial charge in [-0.1, -0.05) is 0 Å². The Kier molecular flexibility index (Phi) is 1.82. The topological polar surface area (TPSA) is 76.8 Å². The summed E-state index contributed by atoms with van der Waals surface area (Å²) < 4.78 is 5.22. The Morgan fingerprint density at radius 2 is 2.25 bits per heavy atom.